The van der Waals surface area contributed by atoms with Crippen molar-refractivity contribution in [2.24, 2.45) is 0 Å². The third-order valence-electron chi connectivity index (χ3n) is 4.02. The van der Waals surface area contributed by atoms with Crippen LogP contribution in [0.2, 0.25) is 0 Å². The lowest BCUT2D eigenvalue weighted by atomic mass is 9.95. The monoisotopic (exact) mass is 314 g/mol. The molecular formula is C22H18O2. The van der Waals surface area contributed by atoms with Gasteiger partial charge in [0, 0.05) is 16.7 Å². The van der Waals surface area contributed by atoms with Gasteiger partial charge in [0.05, 0.1) is 0 Å². The molecule has 0 radical (unpaired) electrons. The van der Waals surface area contributed by atoms with Crippen molar-refractivity contribution in [3.8, 4) is 0 Å². The van der Waals surface area contributed by atoms with Crippen LogP contribution < -0.4 is 0 Å². The van der Waals surface area contributed by atoms with E-state index in [1.165, 1.54) is 12.5 Å². The van der Waals surface area contributed by atoms with E-state index in [0.29, 0.717) is 16.7 Å². The first kappa shape index (κ1) is 15.9. The molecule has 0 atom stereocenters. The molecule has 0 aromatic heterocycles. The van der Waals surface area contributed by atoms with E-state index in [2.05, 4.69) is 12.1 Å². The SMILES string of the molecule is CC(=O)c1ccccc1C(=O)c1ccc(Cc2ccccc2)cc1. The van der Waals surface area contributed by atoms with Gasteiger partial charge in [0.2, 0.25) is 0 Å². The maximum atomic E-state index is 12.7. The zero-order valence-electron chi connectivity index (χ0n) is 13.5. The summed E-state index contributed by atoms with van der Waals surface area (Å²) in [6.45, 7) is 1.48. The van der Waals surface area contributed by atoms with Crippen LogP contribution in [0.5, 0.6) is 0 Å². The van der Waals surface area contributed by atoms with Gasteiger partial charge in [-0.3, -0.25) is 9.59 Å². The fourth-order valence-electron chi connectivity index (χ4n) is 2.75. The summed E-state index contributed by atoms with van der Waals surface area (Å²) in [5.74, 6) is -0.216. The van der Waals surface area contributed by atoms with Gasteiger partial charge in [-0.05, 0) is 24.5 Å². The minimum absolute atomic E-state index is 0.0975. The Morgan fingerprint density at radius 2 is 1.21 bits per heavy atom. The average molecular weight is 314 g/mol. The maximum absolute atomic E-state index is 12.7. The molecule has 0 saturated heterocycles. The molecule has 0 bridgehead atoms. The van der Waals surface area contributed by atoms with Crippen molar-refractivity contribution in [2.45, 2.75) is 13.3 Å². The van der Waals surface area contributed by atoms with Crippen molar-refractivity contribution >= 4 is 11.6 Å². The summed E-state index contributed by atoms with van der Waals surface area (Å²) in [5.41, 5.74) is 3.91. The summed E-state index contributed by atoms with van der Waals surface area (Å²) in [6, 6.07) is 24.8. The van der Waals surface area contributed by atoms with Crippen LogP contribution >= 0.6 is 0 Å². The highest BCUT2D eigenvalue weighted by atomic mass is 16.1. The third kappa shape index (κ3) is 3.49. The van der Waals surface area contributed by atoms with Crippen molar-refractivity contribution < 1.29 is 9.59 Å². The summed E-state index contributed by atoms with van der Waals surface area (Å²) < 4.78 is 0. The van der Waals surface area contributed by atoms with Crippen molar-refractivity contribution in [3.05, 3.63) is 107 Å². The second-order valence-electron chi connectivity index (χ2n) is 5.79. The van der Waals surface area contributed by atoms with E-state index in [1.807, 2.05) is 42.5 Å². The summed E-state index contributed by atoms with van der Waals surface area (Å²) >= 11 is 0. The molecule has 24 heavy (non-hydrogen) atoms. The smallest absolute Gasteiger partial charge is 0.193 e. The molecular weight excluding hydrogens is 296 g/mol. The van der Waals surface area contributed by atoms with Gasteiger partial charge in [-0.2, -0.15) is 0 Å². The number of Topliss-reactive ketones (excluding diaryl/α,β-unsaturated/α-hetero) is 1. The Labute approximate surface area is 141 Å². The molecule has 0 N–H and O–H groups in total. The minimum atomic E-state index is -0.118. The standard InChI is InChI=1S/C22H18O2/c1-16(23)20-9-5-6-10-21(20)22(24)19-13-11-18(12-14-19)15-17-7-3-2-4-8-17/h2-14H,15H2,1H3. The normalized spacial score (nSPS) is 10.4. The predicted octanol–water partition coefficient (Wildman–Crippen LogP) is 4.71. The van der Waals surface area contributed by atoms with Crippen LogP contribution in [0.4, 0.5) is 0 Å². The van der Waals surface area contributed by atoms with Crippen LogP contribution in [0.15, 0.2) is 78.9 Å². The fourth-order valence-corrected chi connectivity index (χ4v) is 2.75. The molecule has 0 saturated carbocycles. The molecule has 118 valence electrons. The van der Waals surface area contributed by atoms with Crippen LogP contribution in [0, 0.1) is 0 Å². The van der Waals surface area contributed by atoms with E-state index in [9.17, 15) is 9.59 Å². The van der Waals surface area contributed by atoms with Gasteiger partial charge >= 0.3 is 0 Å². The van der Waals surface area contributed by atoms with E-state index < -0.39 is 0 Å². The molecule has 3 aromatic carbocycles. The highest BCUT2D eigenvalue weighted by Crippen LogP contribution is 2.17. The van der Waals surface area contributed by atoms with Crippen molar-refractivity contribution in [3.63, 3.8) is 0 Å². The van der Waals surface area contributed by atoms with Gasteiger partial charge in [-0.15, -0.1) is 0 Å². The molecule has 3 aromatic rings. The molecule has 0 unspecified atom stereocenters. The highest BCUT2D eigenvalue weighted by molar-refractivity contribution is 6.15. The summed E-state index contributed by atoms with van der Waals surface area (Å²) in [6.07, 6.45) is 0.833. The van der Waals surface area contributed by atoms with E-state index >= 15 is 0 Å². The third-order valence-corrected chi connectivity index (χ3v) is 4.02. The molecule has 0 fully saturated rings. The molecule has 2 heteroatoms. The first-order valence-electron chi connectivity index (χ1n) is 7.92. The molecule has 2 nitrogen and oxygen atoms in total. The second-order valence-corrected chi connectivity index (χ2v) is 5.79. The average Bonchev–Trinajstić information content (AvgIpc) is 2.62. The molecule has 0 heterocycles. The second kappa shape index (κ2) is 7.05. The van der Waals surface area contributed by atoms with E-state index in [0.717, 1.165) is 12.0 Å². The molecule has 0 amide bonds. The Bertz CT molecular complexity index is 862. The number of carbonyl (C=O) groups is 2. The predicted molar refractivity (Wildman–Crippen MR) is 95.6 cm³/mol. The summed E-state index contributed by atoms with van der Waals surface area (Å²) in [7, 11) is 0. The summed E-state index contributed by atoms with van der Waals surface area (Å²) in [4.78, 5) is 24.4. The Morgan fingerprint density at radius 1 is 0.667 bits per heavy atom. The first-order chi connectivity index (χ1) is 11.6. The number of hydrogen-bond donors (Lipinski definition) is 0. The minimum Gasteiger partial charge on any atom is -0.294 e. The topological polar surface area (TPSA) is 34.1 Å². The number of carbonyl (C=O) groups excluding carboxylic acids is 2. The Kier molecular flexibility index (Phi) is 4.66. The molecule has 0 spiro atoms. The zero-order chi connectivity index (χ0) is 16.9. The van der Waals surface area contributed by atoms with Crippen molar-refractivity contribution in [2.75, 3.05) is 0 Å². The largest absolute Gasteiger partial charge is 0.294 e. The lowest BCUT2D eigenvalue weighted by Crippen LogP contribution is -2.08. The first-order valence-corrected chi connectivity index (χ1v) is 7.92. The van der Waals surface area contributed by atoms with Crippen LogP contribution in [-0.2, 0) is 6.42 Å². The van der Waals surface area contributed by atoms with Crippen molar-refractivity contribution in [1.82, 2.24) is 0 Å². The van der Waals surface area contributed by atoms with Gasteiger partial charge in [0.15, 0.2) is 11.6 Å². The quantitative estimate of drug-likeness (QED) is 0.639. The number of ketones is 2. The Morgan fingerprint density at radius 3 is 1.83 bits per heavy atom. The van der Waals surface area contributed by atoms with Gasteiger partial charge in [-0.25, -0.2) is 0 Å². The maximum Gasteiger partial charge on any atom is 0.193 e. The van der Waals surface area contributed by atoms with Gasteiger partial charge < -0.3 is 0 Å². The van der Waals surface area contributed by atoms with Gasteiger partial charge in [0.25, 0.3) is 0 Å². The van der Waals surface area contributed by atoms with Crippen LogP contribution in [-0.4, -0.2) is 11.6 Å². The van der Waals surface area contributed by atoms with Gasteiger partial charge in [-0.1, -0.05) is 78.9 Å². The van der Waals surface area contributed by atoms with Gasteiger partial charge in [0.1, 0.15) is 0 Å². The zero-order valence-corrected chi connectivity index (χ0v) is 13.5. The van der Waals surface area contributed by atoms with E-state index in [4.69, 9.17) is 0 Å². The molecule has 3 rings (SSSR count). The lowest BCUT2D eigenvalue weighted by molar-refractivity contribution is 0.0990. The van der Waals surface area contributed by atoms with Crippen LogP contribution in [0.3, 0.4) is 0 Å². The van der Waals surface area contributed by atoms with E-state index in [-0.39, 0.29) is 11.6 Å². The molecule has 0 aliphatic carbocycles. The van der Waals surface area contributed by atoms with Crippen LogP contribution in [0.25, 0.3) is 0 Å². The highest BCUT2D eigenvalue weighted by Gasteiger charge is 2.15. The number of benzene rings is 3. The fraction of sp³-hybridized carbons (Fsp3) is 0.0909. The van der Waals surface area contributed by atoms with Crippen molar-refractivity contribution in [1.29, 1.82) is 0 Å². The Balaban J connectivity index is 1.83. The lowest BCUT2D eigenvalue weighted by Gasteiger charge is -2.07. The number of rotatable bonds is 5. The molecule has 0 aliphatic heterocycles. The number of hydrogen-bond acceptors (Lipinski definition) is 2. The molecule has 0 aliphatic rings. The van der Waals surface area contributed by atoms with Crippen LogP contribution in [0.1, 0.15) is 44.3 Å². The Hall–Kier alpha value is -3.00. The van der Waals surface area contributed by atoms with E-state index in [1.54, 1.807) is 24.3 Å². The summed E-state index contributed by atoms with van der Waals surface area (Å²) in [5, 5.41) is 0.